The summed E-state index contributed by atoms with van der Waals surface area (Å²) in [4.78, 5) is 12.6. The Balaban J connectivity index is 1.36. The minimum Gasteiger partial charge on any atom is -0.491 e. The fraction of sp³-hybridized carbons (Fsp3) is 0.300. The van der Waals surface area contributed by atoms with Crippen LogP contribution in [0.1, 0.15) is 54.4 Å². The van der Waals surface area contributed by atoms with Crippen LogP contribution in [0.4, 0.5) is 17.6 Å². The molecule has 0 radical (unpaired) electrons. The number of rotatable bonds is 8. The third kappa shape index (κ3) is 6.40. The first-order chi connectivity index (χ1) is 17.9. The second-order valence-electron chi connectivity index (χ2n) is 9.07. The maximum absolute atomic E-state index is 14.5. The van der Waals surface area contributed by atoms with Crippen molar-refractivity contribution in [2.45, 2.75) is 38.5 Å². The van der Waals surface area contributed by atoms with Crippen molar-refractivity contribution in [3.63, 3.8) is 0 Å². The van der Waals surface area contributed by atoms with Crippen LogP contribution in [0.5, 0.6) is 11.5 Å². The molecule has 0 saturated heterocycles. The molecule has 1 saturated carbocycles. The quantitative estimate of drug-likeness (QED) is 0.173. The number of halogens is 4. The van der Waals surface area contributed by atoms with Crippen LogP contribution in [0.2, 0.25) is 0 Å². The highest BCUT2D eigenvalue weighted by Gasteiger charge is 2.22. The van der Waals surface area contributed by atoms with Gasteiger partial charge >= 0.3 is 5.97 Å². The van der Waals surface area contributed by atoms with Crippen LogP contribution in [0, 0.1) is 17.6 Å². The molecule has 0 spiro atoms. The Morgan fingerprint density at radius 3 is 2.22 bits per heavy atom. The summed E-state index contributed by atoms with van der Waals surface area (Å²) in [7, 11) is 0. The average molecular weight is 513 g/mol. The molecular weight excluding hydrogens is 484 g/mol. The predicted octanol–water partition coefficient (Wildman–Crippen LogP) is 8.35. The normalized spacial score (nSPS) is 17.9. The standard InChI is InChI=1S/C30H28F4O3/c1-2-36-27-16-15-26(28(33)29(27)34)22-11-13-25(14-12-22)37-30(35)23-9-7-21(8-10-23)20-5-3-19(4-6-20)17-24(32)18-31/h7-17,19-20H,2-6,18H2,1H3. The zero-order valence-electron chi connectivity index (χ0n) is 20.5. The smallest absolute Gasteiger partial charge is 0.343 e. The topological polar surface area (TPSA) is 35.5 Å². The molecule has 3 aromatic rings. The number of ether oxygens (including phenoxy) is 2. The van der Waals surface area contributed by atoms with Crippen molar-refractivity contribution in [2.75, 3.05) is 13.3 Å². The van der Waals surface area contributed by atoms with E-state index in [9.17, 15) is 22.4 Å². The third-order valence-corrected chi connectivity index (χ3v) is 6.66. The van der Waals surface area contributed by atoms with E-state index in [1.165, 1.54) is 30.3 Å². The molecule has 0 aliphatic heterocycles. The molecule has 0 heterocycles. The van der Waals surface area contributed by atoms with Gasteiger partial charge in [0.05, 0.1) is 12.2 Å². The van der Waals surface area contributed by atoms with E-state index in [1.54, 1.807) is 31.2 Å². The number of alkyl halides is 1. The fourth-order valence-corrected chi connectivity index (χ4v) is 4.70. The average Bonchev–Trinajstić information content (AvgIpc) is 2.92. The van der Waals surface area contributed by atoms with E-state index in [0.717, 1.165) is 31.2 Å². The van der Waals surface area contributed by atoms with E-state index in [2.05, 4.69) is 0 Å². The van der Waals surface area contributed by atoms with Crippen molar-refractivity contribution in [2.24, 2.45) is 5.92 Å². The van der Waals surface area contributed by atoms with Crippen LogP contribution < -0.4 is 9.47 Å². The number of esters is 1. The Kier molecular flexibility index (Phi) is 8.64. The summed E-state index contributed by atoms with van der Waals surface area (Å²) in [6.45, 7) is 0.858. The summed E-state index contributed by atoms with van der Waals surface area (Å²) >= 11 is 0. The number of carbonyl (C=O) groups excluding carboxylic acids is 1. The molecule has 0 unspecified atom stereocenters. The second kappa shape index (κ2) is 12.1. The van der Waals surface area contributed by atoms with Gasteiger partial charge in [-0.15, -0.1) is 0 Å². The molecule has 4 rings (SSSR count). The first-order valence-electron chi connectivity index (χ1n) is 12.3. The largest absolute Gasteiger partial charge is 0.491 e. The summed E-state index contributed by atoms with van der Waals surface area (Å²) in [5.74, 6) is -2.78. The molecule has 0 bridgehead atoms. The van der Waals surface area contributed by atoms with Gasteiger partial charge in [-0.3, -0.25) is 0 Å². The van der Waals surface area contributed by atoms with Gasteiger partial charge in [0.25, 0.3) is 0 Å². The molecule has 3 nitrogen and oxygen atoms in total. The highest BCUT2D eigenvalue weighted by molar-refractivity contribution is 5.91. The minimum absolute atomic E-state index is 0.0672. The van der Waals surface area contributed by atoms with Crippen LogP contribution in [-0.4, -0.2) is 19.3 Å². The van der Waals surface area contributed by atoms with Gasteiger partial charge < -0.3 is 9.47 Å². The molecule has 194 valence electrons. The van der Waals surface area contributed by atoms with E-state index in [1.807, 2.05) is 12.1 Å². The van der Waals surface area contributed by atoms with Gasteiger partial charge in [-0.05, 0) is 98.0 Å². The monoisotopic (exact) mass is 512 g/mol. The second-order valence-corrected chi connectivity index (χ2v) is 9.07. The fourth-order valence-electron chi connectivity index (χ4n) is 4.70. The third-order valence-electron chi connectivity index (χ3n) is 6.66. The predicted molar refractivity (Wildman–Crippen MR) is 134 cm³/mol. The van der Waals surface area contributed by atoms with Gasteiger partial charge in [-0.2, -0.15) is 4.39 Å². The van der Waals surface area contributed by atoms with E-state index >= 15 is 0 Å². The lowest BCUT2D eigenvalue weighted by Gasteiger charge is -2.27. The van der Waals surface area contributed by atoms with E-state index < -0.39 is 30.1 Å². The molecule has 1 fully saturated rings. The van der Waals surface area contributed by atoms with E-state index in [0.29, 0.717) is 17.0 Å². The number of hydrogen-bond acceptors (Lipinski definition) is 3. The van der Waals surface area contributed by atoms with Crippen LogP contribution in [-0.2, 0) is 0 Å². The van der Waals surface area contributed by atoms with Crippen molar-refractivity contribution in [3.8, 4) is 22.6 Å². The first-order valence-corrected chi connectivity index (χ1v) is 12.3. The lowest BCUT2D eigenvalue weighted by Crippen LogP contribution is -2.13. The highest BCUT2D eigenvalue weighted by atomic mass is 19.2. The number of carbonyl (C=O) groups is 1. The molecule has 7 heteroatoms. The van der Waals surface area contributed by atoms with Gasteiger partial charge in [0.1, 0.15) is 18.3 Å². The number of allylic oxidation sites excluding steroid dienone is 2. The summed E-state index contributed by atoms with van der Waals surface area (Å²) in [5, 5.41) is 0. The van der Waals surface area contributed by atoms with Gasteiger partial charge in [-0.25, -0.2) is 18.0 Å². The molecule has 0 aromatic heterocycles. The zero-order valence-corrected chi connectivity index (χ0v) is 20.5. The summed E-state index contributed by atoms with van der Waals surface area (Å²) in [5.41, 5.74) is 1.99. The summed E-state index contributed by atoms with van der Waals surface area (Å²) in [6, 6.07) is 16.2. The Morgan fingerprint density at radius 1 is 0.919 bits per heavy atom. The minimum atomic E-state index is -1.05. The van der Waals surface area contributed by atoms with Gasteiger partial charge in [0.15, 0.2) is 11.6 Å². The van der Waals surface area contributed by atoms with Crippen LogP contribution in [0.15, 0.2) is 72.6 Å². The van der Waals surface area contributed by atoms with Crippen LogP contribution >= 0.6 is 0 Å². The first kappa shape index (κ1) is 26.5. The Hall–Kier alpha value is -3.61. The van der Waals surface area contributed by atoms with Gasteiger partial charge in [0.2, 0.25) is 5.82 Å². The zero-order chi connectivity index (χ0) is 26.4. The van der Waals surface area contributed by atoms with E-state index in [-0.39, 0.29) is 29.6 Å². The van der Waals surface area contributed by atoms with E-state index in [4.69, 9.17) is 9.47 Å². The van der Waals surface area contributed by atoms with Crippen molar-refractivity contribution < 1.29 is 31.8 Å². The van der Waals surface area contributed by atoms with Crippen LogP contribution in [0.25, 0.3) is 11.1 Å². The molecule has 0 atom stereocenters. The summed E-state index contributed by atoms with van der Waals surface area (Å²) < 4.78 is 64.8. The molecule has 0 amide bonds. The molecule has 1 aliphatic carbocycles. The molecule has 0 N–H and O–H groups in total. The number of benzene rings is 3. The van der Waals surface area contributed by atoms with Crippen molar-refractivity contribution in [1.29, 1.82) is 0 Å². The summed E-state index contributed by atoms with van der Waals surface area (Å²) in [6.07, 6.45) is 4.73. The lowest BCUT2D eigenvalue weighted by molar-refractivity contribution is 0.0734. The van der Waals surface area contributed by atoms with Crippen molar-refractivity contribution in [1.82, 2.24) is 0 Å². The molecule has 3 aromatic carbocycles. The Bertz CT molecular complexity index is 1250. The van der Waals surface area contributed by atoms with Crippen LogP contribution in [0.3, 0.4) is 0 Å². The van der Waals surface area contributed by atoms with Gasteiger partial charge in [-0.1, -0.05) is 24.3 Å². The Labute approximate surface area is 213 Å². The Morgan fingerprint density at radius 2 is 1.59 bits per heavy atom. The van der Waals surface area contributed by atoms with Gasteiger partial charge in [0, 0.05) is 5.56 Å². The van der Waals surface area contributed by atoms with Crippen molar-refractivity contribution in [3.05, 3.63) is 95.3 Å². The maximum Gasteiger partial charge on any atom is 0.343 e. The highest BCUT2D eigenvalue weighted by Crippen LogP contribution is 2.37. The van der Waals surface area contributed by atoms with Crippen molar-refractivity contribution >= 4 is 5.97 Å². The lowest BCUT2D eigenvalue weighted by atomic mass is 9.78. The molecule has 37 heavy (non-hydrogen) atoms. The number of hydrogen-bond donors (Lipinski definition) is 0. The maximum atomic E-state index is 14.5. The molecule has 1 aliphatic rings. The molecular formula is C30H28F4O3. The SMILES string of the molecule is CCOc1ccc(-c2ccc(OC(=O)c3ccc(C4CCC(C=C(F)CF)CC4)cc3)cc2)c(F)c1F.